The normalized spacial score (nSPS) is 19.8. The van der Waals surface area contributed by atoms with Crippen molar-refractivity contribution in [3.8, 4) is 11.5 Å². The SMILES string of the molecule is CCOC(=O)c1ccc(CN2C(Br)Cc3cc4c(cc3C2c2ccco2)OCO4)cc1. The van der Waals surface area contributed by atoms with E-state index in [1.165, 1.54) is 5.56 Å². The van der Waals surface area contributed by atoms with Gasteiger partial charge in [0.25, 0.3) is 0 Å². The van der Waals surface area contributed by atoms with Crippen LogP contribution in [0.3, 0.4) is 0 Å². The summed E-state index contributed by atoms with van der Waals surface area (Å²) in [5, 5.41) is 0. The second-order valence-electron chi connectivity index (χ2n) is 7.55. The number of carbonyl (C=O) groups is 1. The number of furan rings is 1. The van der Waals surface area contributed by atoms with Crippen molar-refractivity contribution in [1.82, 2.24) is 4.90 Å². The maximum atomic E-state index is 12.0. The standard InChI is InChI=1S/C24H22BrNO5/c1-2-28-24(27)16-7-5-15(6-8-16)13-26-22(25)11-17-10-20-21(31-14-30-20)12-18(17)23(26)19-4-3-9-29-19/h3-10,12,22-23H,2,11,13-14H2,1H3. The van der Waals surface area contributed by atoms with E-state index in [1.54, 1.807) is 13.2 Å². The molecule has 7 heteroatoms. The number of hydrogen-bond donors (Lipinski definition) is 0. The van der Waals surface area contributed by atoms with Gasteiger partial charge in [-0.25, -0.2) is 4.79 Å². The lowest BCUT2D eigenvalue weighted by molar-refractivity contribution is 0.0526. The summed E-state index contributed by atoms with van der Waals surface area (Å²) in [5.74, 6) is 2.12. The second kappa shape index (κ2) is 8.40. The lowest BCUT2D eigenvalue weighted by atomic mass is 9.90. The van der Waals surface area contributed by atoms with Crippen LogP contribution >= 0.6 is 15.9 Å². The molecule has 0 saturated heterocycles. The average Bonchev–Trinajstić information content (AvgIpc) is 3.45. The van der Waals surface area contributed by atoms with Gasteiger partial charge in [-0.3, -0.25) is 4.90 Å². The van der Waals surface area contributed by atoms with Crippen molar-refractivity contribution in [1.29, 1.82) is 0 Å². The molecule has 2 aliphatic rings. The Morgan fingerprint density at radius 2 is 1.94 bits per heavy atom. The van der Waals surface area contributed by atoms with Gasteiger partial charge in [0.2, 0.25) is 6.79 Å². The molecule has 0 bridgehead atoms. The zero-order chi connectivity index (χ0) is 21.4. The van der Waals surface area contributed by atoms with Gasteiger partial charge >= 0.3 is 5.97 Å². The molecule has 0 amide bonds. The van der Waals surface area contributed by atoms with Crippen molar-refractivity contribution in [2.45, 2.75) is 30.9 Å². The first-order valence-corrected chi connectivity index (χ1v) is 11.2. The van der Waals surface area contributed by atoms with Crippen LogP contribution in [0.4, 0.5) is 0 Å². The van der Waals surface area contributed by atoms with Gasteiger partial charge in [-0.15, -0.1) is 0 Å². The number of esters is 1. The molecule has 3 heterocycles. The van der Waals surface area contributed by atoms with Gasteiger partial charge in [0.05, 0.1) is 29.4 Å². The van der Waals surface area contributed by atoms with Crippen molar-refractivity contribution in [3.05, 3.63) is 82.8 Å². The molecule has 2 aliphatic heterocycles. The third kappa shape index (κ3) is 3.83. The number of benzene rings is 2. The molecular formula is C24H22BrNO5. The van der Waals surface area contributed by atoms with E-state index < -0.39 is 0 Å². The Balaban J connectivity index is 1.48. The van der Waals surface area contributed by atoms with Crippen LogP contribution in [0, 0.1) is 0 Å². The molecule has 2 aromatic carbocycles. The Morgan fingerprint density at radius 3 is 2.65 bits per heavy atom. The molecule has 2 unspecified atom stereocenters. The first kappa shape index (κ1) is 20.2. The van der Waals surface area contributed by atoms with Crippen LogP contribution in [0.2, 0.25) is 0 Å². The molecule has 0 fully saturated rings. The van der Waals surface area contributed by atoms with E-state index in [1.807, 2.05) is 36.4 Å². The summed E-state index contributed by atoms with van der Waals surface area (Å²) in [7, 11) is 0. The molecule has 31 heavy (non-hydrogen) atoms. The smallest absolute Gasteiger partial charge is 0.338 e. The first-order valence-electron chi connectivity index (χ1n) is 10.3. The van der Waals surface area contributed by atoms with Crippen LogP contribution in [0.1, 0.15) is 45.8 Å². The molecule has 3 aromatic rings. The third-order valence-corrected chi connectivity index (χ3v) is 6.50. The fourth-order valence-electron chi connectivity index (χ4n) is 4.20. The highest BCUT2D eigenvalue weighted by atomic mass is 79.9. The molecule has 6 nitrogen and oxygen atoms in total. The number of ether oxygens (including phenoxy) is 3. The zero-order valence-corrected chi connectivity index (χ0v) is 18.6. The fraction of sp³-hybridized carbons (Fsp3) is 0.292. The summed E-state index contributed by atoms with van der Waals surface area (Å²) >= 11 is 3.89. The number of carbonyl (C=O) groups excluding carboxylic acids is 1. The second-order valence-corrected chi connectivity index (χ2v) is 8.61. The zero-order valence-electron chi connectivity index (χ0n) is 17.0. The topological polar surface area (TPSA) is 61.1 Å². The fourth-order valence-corrected chi connectivity index (χ4v) is 4.93. The summed E-state index contributed by atoms with van der Waals surface area (Å²) in [6.07, 6.45) is 2.52. The molecule has 0 N–H and O–H groups in total. The number of nitrogens with zero attached hydrogens (tertiary/aromatic N) is 1. The molecule has 2 atom stereocenters. The van der Waals surface area contributed by atoms with Gasteiger partial charge in [-0.05, 0) is 66.4 Å². The molecule has 0 radical (unpaired) electrons. The number of halogens is 1. The van der Waals surface area contributed by atoms with Crippen molar-refractivity contribution >= 4 is 21.9 Å². The van der Waals surface area contributed by atoms with E-state index in [-0.39, 0.29) is 23.8 Å². The average molecular weight is 484 g/mol. The quantitative estimate of drug-likeness (QED) is 0.287. The molecule has 0 saturated carbocycles. The van der Waals surface area contributed by atoms with Crippen LogP contribution in [-0.2, 0) is 17.7 Å². The van der Waals surface area contributed by atoms with E-state index in [0.29, 0.717) is 18.7 Å². The Kier molecular flexibility index (Phi) is 5.46. The molecule has 0 aliphatic carbocycles. The van der Waals surface area contributed by atoms with Gasteiger partial charge in [-0.1, -0.05) is 28.1 Å². The number of alkyl halides is 1. The monoisotopic (exact) mass is 483 g/mol. The Bertz CT molecular complexity index is 1080. The highest BCUT2D eigenvalue weighted by molar-refractivity contribution is 9.09. The molecule has 160 valence electrons. The van der Waals surface area contributed by atoms with Gasteiger partial charge in [-0.2, -0.15) is 0 Å². The summed E-state index contributed by atoms with van der Waals surface area (Å²) < 4.78 is 22.2. The largest absolute Gasteiger partial charge is 0.467 e. The molecule has 0 spiro atoms. The number of fused-ring (bicyclic) bond motifs is 2. The maximum Gasteiger partial charge on any atom is 0.338 e. The Morgan fingerprint density at radius 1 is 1.16 bits per heavy atom. The lowest BCUT2D eigenvalue weighted by Gasteiger charge is -2.40. The number of rotatable bonds is 5. The van der Waals surface area contributed by atoms with Crippen LogP contribution in [0.15, 0.2) is 59.2 Å². The van der Waals surface area contributed by atoms with E-state index in [0.717, 1.165) is 34.8 Å². The summed E-state index contributed by atoms with van der Waals surface area (Å²) in [6.45, 7) is 3.09. The minimum absolute atomic E-state index is 0.0811. The highest BCUT2D eigenvalue weighted by Crippen LogP contribution is 2.45. The van der Waals surface area contributed by atoms with Crippen LogP contribution in [0.25, 0.3) is 0 Å². The first-order chi connectivity index (χ1) is 15.1. The van der Waals surface area contributed by atoms with Crippen molar-refractivity contribution < 1.29 is 23.4 Å². The maximum absolute atomic E-state index is 12.0. The van der Waals surface area contributed by atoms with E-state index in [9.17, 15) is 4.79 Å². The predicted molar refractivity (Wildman–Crippen MR) is 117 cm³/mol. The summed E-state index contributed by atoms with van der Waals surface area (Å²) in [6, 6.07) is 15.5. The Labute approximate surface area is 188 Å². The number of hydrogen-bond acceptors (Lipinski definition) is 6. The van der Waals surface area contributed by atoms with Crippen LogP contribution < -0.4 is 9.47 Å². The van der Waals surface area contributed by atoms with Crippen molar-refractivity contribution in [3.63, 3.8) is 0 Å². The Hall–Kier alpha value is -2.77. The summed E-state index contributed by atoms with van der Waals surface area (Å²) in [5.41, 5.74) is 4.01. The third-order valence-electron chi connectivity index (χ3n) is 5.65. The van der Waals surface area contributed by atoms with Crippen LogP contribution in [0.5, 0.6) is 11.5 Å². The molecular weight excluding hydrogens is 462 g/mol. The van der Waals surface area contributed by atoms with Gasteiger partial charge in [0.1, 0.15) is 5.76 Å². The highest BCUT2D eigenvalue weighted by Gasteiger charge is 2.37. The van der Waals surface area contributed by atoms with Gasteiger partial charge in [0, 0.05) is 6.54 Å². The predicted octanol–water partition coefficient (Wildman–Crippen LogP) is 5.05. The van der Waals surface area contributed by atoms with Crippen molar-refractivity contribution in [2.75, 3.05) is 13.4 Å². The van der Waals surface area contributed by atoms with Gasteiger partial charge in [0.15, 0.2) is 11.5 Å². The van der Waals surface area contributed by atoms with E-state index in [2.05, 4.69) is 33.0 Å². The van der Waals surface area contributed by atoms with Gasteiger partial charge < -0.3 is 18.6 Å². The van der Waals surface area contributed by atoms with Crippen molar-refractivity contribution in [2.24, 2.45) is 0 Å². The lowest BCUT2D eigenvalue weighted by Crippen LogP contribution is -2.40. The molecule has 5 rings (SSSR count). The minimum atomic E-state index is -0.302. The molecule has 1 aromatic heterocycles. The minimum Gasteiger partial charge on any atom is -0.467 e. The summed E-state index contributed by atoms with van der Waals surface area (Å²) in [4.78, 5) is 14.4. The van der Waals surface area contributed by atoms with Crippen LogP contribution in [-0.4, -0.2) is 29.2 Å². The van der Waals surface area contributed by atoms with E-state index >= 15 is 0 Å². The van der Waals surface area contributed by atoms with E-state index in [4.69, 9.17) is 18.6 Å².